The highest BCUT2D eigenvalue weighted by Gasteiger charge is 2.60. The van der Waals surface area contributed by atoms with E-state index in [2.05, 4.69) is 97.9 Å². The molecule has 0 spiro atoms. The SMILES string of the molecule is CC(C)(C)C1=CC2=C3C=CC(=O)C3=C3C=C(C(C)(C)C)C=C4C=CC(=C1)[C@]2(C)[C@@]43C. The summed E-state index contributed by atoms with van der Waals surface area (Å²) in [4.78, 5) is 13.1. The Labute approximate surface area is 181 Å². The zero-order valence-electron chi connectivity index (χ0n) is 19.5. The summed E-state index contributed by atoms with van der Waals surface area (Å²) in [5, 5.41) is 0. The second-order valence-electron chi connectivity index (χ2n) is 11.8. The fourth-order valence-electron chi connectivity index (χ4n) is 5.84. The Hall–Kier alpha value is -2.41. The summed E-state index contributed by atoms with van der Waals surface area (Å²) in [7, 11) is 0. The Morgan fingerprint density at radius 2 is 1.10 bits per heavy atom. The lowest BCUT2D eigenvalue weighted by Crippen LogP contribution is -2.49. The van der Waals surface area contributed by atoms with E-state index in [1.165, 1.54) is 33.4 Å². The third-order valence-corrected chi connectivity index (χ3v) is 8.10. The van der Waals surface area contributed by atoms with Crippen LogP contribution < -0.4 is 0 Å². The van der Waals surface area contributed by atoms with Crippen molar-refractivity contribution in [2.24, 2.45) is 21.7 Å². The molecule has 30 heavy (non-hydrogen) atoms. The van der Waals surface area contributed by atoms with Crippen LogP contribution in [0, 0.1) is 21.7 Å². The minimum absolute atomic E-state index is 0.0257. The first-order valence-electron chi connectivity index (χ1n) is 11.1. The lowest BCUT2D eigenvalue weighted by molar-refractivity contribution is -0.111. The average Bonchev–Trinajstić information content (AvgIpc) is 3.00. The zero-order chi connectivity index (χ0) is 21.9. The normalized spacial score (nSPS) is 31.9. The Morgan fingerprint density at radius 3 is 1.60 bits per heavy atom. The van der Waals surface area contributed by atoms with Crippen molar-refractivity contribution < 1.29 is 4.79 Å². The van der Waals surface area contributed by atoms with E-state index >= 15 is 0 Å². The van der Waals surface area contributed by atoms with E-state index in [-0.39, 0.29) is 27.4 Å². The first-order valence-corrected chi connectivity index (χ1v) is 11.1. The summed E-state index contributed by atoms with van der Waals surface area (Å²) < 4.78 is 0. The summed E-state index contributed by atoms with van der Waals surface area (Å²) in [5.41, 5.74) is 9.48. The summed E-state index contributed by atoms with van der Waals surface area (Å²) in [5.74, 6) is 0.151. The molecule has 5 rings (SSSR count). The van der Waals surface area contributed by atoms with Crippen LogP contribution >= 0.6 is 0 Å². The minimum atomic E-state index is -0.252. The van der Waals surface area contributed by atoms with Gasteiger partial charge in [0.05, 0.1) is 0 Å². The second kappa shape index (κ2) is 5.44. The van der Waals surface area contributed by atoms with Gasteiger partial charge in [-0.2, -0.15) is 0 Å². The molecule has 0 aromatic rings. The summed E-state index contributed by atoms with van der Waals surface area (Å²) in [6.45, 7) is 18.3. The molecule has 0 radical (unpaired) electrons. The maximum atomic E-state index is 13.1. The number of carbonyl (C=O) groups is 1. The topological polar surface area (TPSA) is 17.1 Å². The third-order valence-electron chi connectivity index (χ3n) is 8.10. The molecule has 0 unspecified atom stereocenters. The van der Waals surface area contributed by atoms with Crippen molar-refractivity contribution in [3.8, 4) is 0 Å². The molecule has 0 saturated carbocycles. The van der Waals surface area contributed by atoms with Crippen molar-refractivity contribution in [3.05, 3.63) is 93.2 Å². The van der Waals surface area contributed by atoms with Crippen molar-refractivity contribution in [1.82, 2.24) is 0 Å². The lowest BCUT2D eigenvalue weighted by Gasteiger charge is -2.58. The number of hydrogen-bond acceptors (Lipinski definition) is 1. The van der Waals surface area contributed by atoms with Crippen molar-refractivity contribution in [2.75, 3.05) is 0 Å². The second-order valence-corrected chi connectivity index (χ2v) is 11.8. The predicted octanol–water partition coefficient (Wildman–Crippen LogP) is 7.14. The van der Waals surface area contributed by atoms with E-state index in [9.17, 15) is 4.79 Å². The fourth-order valence-corrected chi connectivity index (χ4v) is 5.84. The number of fused-ring (bicyclic) bond motifs is 1. The highest BCUT2D eigenvalue weighted by atomic mass is 16.1. The molecule has 5 aliphatic rings. The number of rotatable bonds is 0. The van der Waals surface area contributed by atoms with Gasteiger partial charge in [-0.25, -0.2) is 0 Å². The molecule has 0 aliphatic heterocycles. The van der Waals surface area contributed by atoms with Crippen LogP contribution in [0.15, 0.2) is 93.2 Å². The van der Waals surface area contributed by atoms with Crippen LogP contribution in [-0.4, -0.2) is 5.78 Å². The molecule has 0 bridgehead atoms. The molecule has 1 heteroatoms. The van der Waals surface area contributed by atoms with Crippen molar-refractivity contribution >= 4 is 5.78 Å². The largest absolute Gasteiger partial charge is 0.289 e. The molecule has 0 N–H and O–H groups in total. The number of carbonyl (C=O) groups excluding carboxylic acids is 1. The maximum Gasteiger partial charge on any atom is 0.186 e. The molecule has 0 amide bonds. The molecule has 2 atom stereocenters. The van der Waals surface area contributed by atoms with Crippen LogP contribution in [0.3, 0.4) is 0 Å². The van der Waals surface area contributed by atoms with Gasteiger partial charge < -0.3 is 0 Å². The monoisotopic (exact) mass is 396 g/mol. The molecule has 0 aromatic heterocycles. The van der Waals surface area contributed by atoms with Crippen LogP contribution in [0.2, 0.25) is 0 Å². The van der Waals surface area contributed by atoms with Gasteiger partial charge >= 0.3 is 0 Å². The Kier molecular flexibility index (Phi) is 3.54. The predicted molar refractivity (Wildman–Crippen MR) is 125 cm³/mol. The molecule has 0 saturated heterocycles. The Bertz CT molecular complexity index is 1170. The summed E-state index contributed by atoms with van der Waals surface area (Å²) >= 11 is 0. The molecule has 154 valence electrons. The van der Waals surface area contributed by atoms with Gasteiger partial charge in [-0.3, -0.25) is 4.79 Å². The lowest BCUT2D eigenvalue weighted by atomic mass is 9.44. The first-order chi connectivity index (χ1) is 13.8. The quantitative estimate of drug-likeness (QED) is 0.425. The molecule has 0 heterocycles. The first kappa shape index (κ1) is 19.5. The minimum Gasteiger partial charge on any atom is -0.289 e. The number of allylic oxidation sites excluding steroid dienone is 16. The molecule has 5 aliphatic carbocycles. The number of ketones is 1. The van der Waals surface area contributed by atoms with Crippen molar-refractivity contribution in [2.45, 2.75) is 55.4 Å². The fraction of sp³-hybridized carbons (Fsp3) is 0.414. The maximum absolute atomic E-state index is 13.1. The van der Waals surface area contributed by atoms with Gasteiger partial charge in [0.25, 0.3) is 0 Å². The van der Waals surface area contributed by atoms with Crippen LogP contribution in [-0.2, 0) is 4.79 Å². The molecular formula is C29H32O. The van der Waals surface area contributed by atoms with Gasteiger partial charge in [0.15, 0.2) is 5.78 Å². The van der Waals surface area contributed by atoms with E-state index in [1.54, 1.807) is 6.08 Å². The Balaban J connectivity index is 1.94. The van der Waals surface area contributed by atoms with E-state index in [4.69, 9.17) is 0 Å². The highest BCUT2D eigenvalue weighted by molar-refractivity contribution is 6.14. The van der Waals surface area contributed by atoms with Gasteiger partial charge in [0.1, 0.15) is 0 Å². The summed E-state index contributed by atoms with van der Waals surface area (Å²) in [6, 6.07) is 0. The molecule has 0 aromatic carbocycles. The molecule has 1 nitrogen and oxygen atoms in total. The van der Waals surface area contributed by atoms with E-state index in [0.717, 1.165) is 11.1 Å². The average molecular weight is 397 g/mol. The number of hydrogen-bond donors (Lipinski definition) is 0. The van der Waals surface area contributed by atoms with Crippen LogP contribution in [0.4, 0.5) is 0 Å². The van der Waals surface area contributed by atoms with Gasteiger partial charge in [-0.1, -0.05) is 97.9 Å². The summed E-state index contributed by atoms with van der Waals surface area (Å²) in [6.07, 6.45) is 17.9. The van der Waals surface area contributed by atoms with E-state index < -0.39 is 0 Å². The standard InChI is InChI=1S/C29H32O/c1-26(2,3)19-13-17-9-10-18-14-20(27(4,5)6)16-23-25-21(11-12-24(25)30)22(15-19)28(17,7)29(18,23)8/h9-16H,1-8H3/t28-,29-/m0/s1. The molecule has 0 fully saturated rings. The van der Waals surface area contributed by atoms with Crippen LogP contribution in [0.25, 0.3) is 0 Å². The molecular weight excluding hydrogens is 364 g/mol. The van der Waals surface area contributed by atoms with Crippen molar-refractivity contribution in [1.29, 1.82) is 0 Å². The van der Waals surface area contributed by atoms with Crippen molar-refractivity contribution in [3.63, 3.8) is 0 Å². The smallest absolute Gasteiger partial charge is 0.186 e. The van der Waals surface area contributed by atoms with E-state index in [1.807, 2.05) is 0 Å². The van der Waals surface area contributed by atoms with Gasteiger partial charge in [0.2, 0.25) is 0 Å². The van der Waals surface area contributed by atoms with Gasteiger partial charge in [0, 0.05) is 16.4 Å². The highest BCUT2D eigenvalue weighted by Crippen LogP contribution is 2.69. The van der Waals surface area contributed by atoms with Crippen LogP contribution in [0.5, 0.6) is 0 Å². The van der Waals surface area contributed by atoms with Gasteiger partial charge in [-0.15, -0.1) is 0 Å². The third kappa shape index (κ3) is 2.16. The van der Waals surface area contributed by atoms with E-state index in [0.29, 0.717) is 0 Å². The Morgan fingerprint density at radius 1 is 0.633 bits per heavy atom. The zero-order valence-corrected chi connectivity index (χ0v) is 19.5. The van der Waals surface area contributed by atoms with Gasteiger partial charge in [-0.05, 0) is 55.9 Å². The van der Waals surface area contributed by atoms with Crippen LogP contribution in [0.1, 0.15) is 55.4 Å².